The van der Waals surface area contributed by atoms with Crippen molar-refractivity contribution in [3.05, 3.63) is 101 Å². The lowest BCUT2D eigenvalue weighted by atomic mass is 9.76. The van der Waals surface area contributed by atoms with Crippen LogP contribution >= 0.6 is 0 Å². The quantitative estimate of drug-likeness (QED) is 0.256. The Bertz CT molecular complexity index is 1160. The summed E-state index contributed by atoms with van der Waals surface area (Å²) in [7, 11) is 0. The summed E-state index contributed by atoms with van der Waals surface area (Å²) in [6.07, 6.45) is 10.5. The van der Waals surface area contributed by atoms with E-state index < -0.39 is 17.5 Å². The number of hydrogen-bond acceptors (Lipinski definition) is 1. The summed E-state index contributed by atoms with van der Waals surface area (Å²) >= 11 is 0. The summed E-state index contributed by atoms with van der Waals surface area (Å²) < 4.78 is 48.7. The van der Waals surface area contributed by atoms with Crippen LogP contribution in [0.1, 0.15) is 68.1 Å². The molecule has 0 aromatic heterocycles. The molecule has 1 aliphatic rings. The summed E-state index contributed by atoms with van der Waals surface area (Å²) in [5.41, 5.74) is 3.66. The Labute approximate surface area is 213 Å². The molecule has 3 aromatic carbocycles. The molecule has 3 aromatic rings. The summed E-state index contributed by atoms with van der Waals surface area (Å²) in [4.78, 5) is 0. The van der Waals surface area contributed by atoms with Crippen molar-refractivity contribution in [1.29, 1.82) is 0 Å². The molecule has 0 saturated heterocycles. The van der Waals surface area contributed by atoms with Gasteiger partial charge in [-0.15, -0.1) is 6.58 Å². The van der Waals surface area contributed by atoms with Crippen LogP contribution in [0.25, 0.3) is 11.1 Å². The summed E-state index contributed by atoms with van der Waals surface area (Å²) in [6.45, 7) is 5.71. The minimum absolute atomic E-state index is 0.0641. The Morgan fingerprint density at radius 3 is 2.19 bits per heavy atom. The van der Waals surface area contributed by atoms with Gasteiger partial charge in [-0.2, -0.15) is 4.39 Å². The summed E-state index contributed by atoms with van der Waals surface area (Å²) in [6, 6.07) is 16.6. The lowest BCUT2D eigenvalue weighted by Gasteiger charge is -2.29. The molecule has 0 atom stereocenters. The van der Waals surface area contributed by atoms with Crippen molar-refractivity contribution in [2.45, 2.75) is 64.2 Å². The van der Waals surface area contributed by atoms with Crippen molar-refractivity contribution in [1.82, 2.24) is 0 Å². The molecule has 0 N–H and O–H groups in total. The van der Waals surface area contributed by atoms with E-state index in [0.717, 1.165) is 31.2 Å². The van der Waals surface area contributed by atoms with Gasteiger partial charge in [0.15, 0.2) is 11.6 Å². The van der Waals surface area contributed by atoms with Crippen LogP contribution in [-0.4, -0.2) is 6.61 Å². The molecule has 0 spiro atoms. The van der Waals surface area contributed by atoms with Gasteiger partial charge in [-0.25, -0.2) is 8.78 Å². The molecule has 0 aliphatic heterocycles. The number of allylic oxidation sites excluding steroid dienone is 1. The molecular weight excluding hydrogens is 457 g/mol. The fourth-order valence-corrected chi connectivity index (χ4v) is 5.32. The van der Waals surface area contributed by atoms with Crippen LogP contribution in [0.15, 0.2) is 67.3 Å². The highest BCUT2D eigenvalue weighted by Crippen LogP contribution is 2.38. The van der Waals surface area contributed by atoms with Crippen LogP contribution in [0.2, 0.25) is 0 Å². The highest BCUT2D eigenvalue weighted by Gasteiger charge is 2.23. The SMILES string of the molecule is C=CCCc1ccc(C2CCC(CCc3ccc(-c4ccc(OCC)c(F)c4F)c(F)c3)CC2)cc1. The fraction of sp³-hybridized carbons (Fsp3) is 0.375. The predicted molar refractivity (Wildman–Crippen MR) is 141 cm³/mol. The normalized spacial score (nSPS) is 17.7. The lowest BCUT2D eigenvalue weighted by molar-refractivity contribution is 0.310. The van der Waals surface area contributed by atoms with Crippen LogP contribution in [0.3, 0.4) is 0 Å². The van der Waals surface area contributed by atoms with E-state index in [0.29, 0.717) is 11.8 Å². The lowest BCUT2D eigenvalue weighted by Crippen LogP contribution is -2.14. The van der Waals surface area contributed by atoms with Crippen molar-refractivity contribution < 1.29 is 17.9 Å². The van der Waals surface area contributed by atoms with E-state index in [1.165, 1.54) is 55.0 Å². The molecule has 0 unspecified atom stereocenters. The third-order valence-electron chi connectivity index (χ3n) is 7.45. The van der Waals surface area contributed by atoms with E-state index in [4.69, 9.17) is 4.74 Å². The second-order valence-electron chi connectivity index (χ2n) is 9.81. The molecule has 0 bridgehead atoms. The molecule has 1 nitrogen and oxygen atoms in total. The van der Waals surface area contributed by atoms with Gasteiger partial charge in [-0.1, -0.05) is 42.5 Å². The topological polar surface area (TPSA) is 9.23 Å². The molecule has 0 amide bonds. The van der Waals surface area contributed by atoms with Crippen LogP contribution in [0.4, 0.5) is 13.2 Å². The smallest absolute Gasteiger partial charge is 0.201 e. The number of aryl methyl sites for hydroxylation is 2. The molecule has 4 rings (SSSR count). The van der Waals surface area contributed by atoms with Gasteiger partial charge < -0.3 is 4.74 Å². The van der Waals surface area contributed by atoms with E-state index in [9.17, 15) is 13.2 Å². The van der Waals surface area contributed by atoms with Gasteiger partial charge in [0.1, 0.15) is 5.82 Å². The summed E-state index contributed by atoms with van der Waals surface area (Å²) in [5.74, 6) is -1.61. The van der Waals surface area contributed by atoms with Crippen LogP contribution in [0, 0.1) is 23.4 Å². The monoisotopic (exact) mass is 492 g/mol. The first-order chi connectivity index (χ1) is 17.5. The van der Waals surface area contributed by atoms with Crippen molar-refractivity contribution in [2.24, 2.45) is 5.92 Å². The Balaban J connectivity index is 1.31. The van der Waals surface area contributed by atoms with Gasteiger partial charge >= 0.3 is 0 Å². The number of halogens is 3. The largest absolute Gasteiger partial charge is 0.491 e. The van der Waals surface area contributed by atoms with E-state index in [-0.39, 0.29) is 23.5 Å². The fourth-order valence-electron chi connectivity index (χ4n) is 5.32. The van der Waals surface area contributed by atoms with Gasteiger partial charge in [0, 0.05) is 11.1 Å². The molecule has 0 heterocycles. The van der Waals surface area contributed by atoms with Crippen molar-refractivity contribution in [3.8, 4) is 16.9 Å². The number of benzene rings is 3. The average Bonchev–Trinajstić information content (AvgIpc) is 2.90. The molecular formula is C32H35F3O. The highest BCUT2D eigenvalue weighted by atomic mass is 19.2. The number of ether oxygens (including phenoxy) is 1. The van der Waals surface area contributed by atoms with Gasteiger partial charge in [0.05, 0.1) is 6.61 Å². The molecule has 1 aliphatic carbocycles. The number of rotatable bonds is 10. The minimum atomic E-state index is -1.09. The molecule has 190 valence electrons. The van der Waals surface area contributed by atoms with Gasteiger partial charge in [0.25, 0.3) is 0 Å². The maximum Gasteiger partial charge on any atom is 0.201 e. The van der Waals surface area contributed by atoms with Crippen LogP contribution in [-0.2, 0) is 12.8 Å². The molecule has 1 fully saturated rings. The van der Waals surface area contributed by atoms with Crippen LogP contribution in [0.5, 0.6) is 5.75 Å². The second-order valence-corrected chi connectivity index (χ2v) is 9.81. The third kappa shape index (κ3) is 6.21. The van der Waals surface area contributed by atoms with E-state index in [1.807, 2.05) is 12.1 Å². The first-order valence-electron chi connectivity index (χ1n) is 13.1. The molecule has 36 heavy (non-hydrogen) atoms. The first kappa shape index (κ1) is 26.1. The van der Waals surface area contributed by atoms with E-state index in [2.05, 4.69) is 30.8 Å². The zero-order chi connectivity index (χ0) is 25.5. The molecule has 0 radical (unpaired) electrons. The maximum atomic E-state index is 14.9. The molecule has 4 heteroatoms. The minimum Gasteiger partial charge on any atom is -0.491 e. The number of hydrogen-bond donors (Lipinski definition) is 0. The van der Waals surface area contributed by atoms with Gasteiger partial charge in [-0.05, 0) is 105 Å². The van der Waals surface area contributed by atoms with E-state index in [1.54, 1.807) is 13.0 Å². The van der Waals surface area contributed by atoms with Gasteiger partial charge in [-0.3, -0.25) is 0 Å². The van der Waals surface area contributed by atoms with Gasteiger partial charge in [0.2, 0.25) is 5.82 Å². The van der Waals surface area contributed by atoms with Crippen molar-refractivity contribution >= 4 is 0 Å². The Morgan fingerprint density at radius 1 is 0.833 bits per heavy atom. The summed E-state index contributed by atoms with van der Waals surface area (Å²) in [5, 5.41) is 0. The van der Waals surface area contributed by atoms with Crippen molar-refractivity contribution in [2.75, 3.05) is 6.61 Å². The standard InChI is InChI=1S/C32H35F3O/c1-3-5-6-22-9-14-25(15-10-22)26-16-11-23(12-17-26)7-8-24-13-18-27(29(33)21-24)28-19-20-30(36-4-2)32(35)31(28)34/h3,9-10,13-15,18-21,23,26H,1,4-8,11-12,16-17H2,2H3. The van der Waals surface area contributed by atoms with E-state index >= 15 is 0 Å². The van der Waals surface area contributed by atoms with Crippen LogP contribution < -0.4 is 4.74 Å². The Morgan fingerprint density at radius 2 is 1.53 bits per heavy atom. The zero-order valence-electron chi connectivity index (χ0n) is 21.0. The Hall–Kier alpha value is -3.01. The maximum absolute atomic E-state index is 14.9. The first-order valence-corrected chi connectivity index (χ1v) is 13.1. The van der Waals surface area contributed by atoms with Crippen molar-refractivity contribution in [3.63, 3.8) is 0 Å². The molecule has 1 saturated carbocycles. The Kier molecular flexibility index (Phi) is 8.90. The highest BCUT2D eigenvalue weighted by molar-refractivity contribution is 5.66. The zero-order valence-corrected chi connectivity index (χ0v) is 21.0. The average molecular weight is 493 g/mol. The predicted octanol–water partition coefficient (Wildman–Crippen LogP) is 9.19. The third-order valence-corrected chi connectivity index (χ3v) is 7.45. The second kappa shape index (κ2) is 12.3.